The molecule has 1 N–H and O–H groups in total. The van der Waals surface area contributed by atoms with Crippen molar-refractivity contribution in [3.63, 3.8) is 0 Å². The molecule has 4 rings (SSSR count). The largest absolute Gasteiger partial charge is 0.416 e. The van der Waals surface area contributed by atoms with Crippen LogP contribution in [0.5, 0.6) is 0 Å². The van der Waals surface area contributed by atoms with Gasteiger partial charge in [-0.2, -0.15) is 13.2 Å². The number of benzene rings is 3. The molecule has 0 aliphatic heterocycles. The molecule has 6 nitrogen and oxygen atoms in total. The van der Waals surface area contributed by atoms with Crippen LogP contribution in [0.25, 0.3) is 16.6 Å². The van der Waals surface area contributed by atoms with Crippen LogP contribution in [-0.2, 0) is 12.6 Å². The minimum atomic E-state index is -4.53. The van der Waals surface area contributed by atoms with Gasteiger partial charge in [0.2, 0.25) is 0 Å². The highest BCUT2D eigenvalue weighted by molar-refractivity contribution is 5.89. The first-order chi connectivity index (χ1) is 17.6. The lowest BCUT2D eigenvalue weighted by atomic mass is 10.1. The lowest BCUT2D eigenvalue weighted by Crippen LogP contribution is -2.39. The highest BCUT2D eigenvalue weighted by atomic mass is 19.4. The summed E-state index contributed by atoms with van der Waals surface area (Å²) in [5.74, 6) is 0.342. The van der Waals surface area contributed by atoms with Gasteiger partial charge in [-0.15, -0.1) is 0 Å². The minimum absolute atomic E-state index is 0.0180. The summed E-state index contributed by atoms with van der Waals surface area (Å²) in [5, 5.41) is 2.99. The van der Waals surface area contributed by atoms with Crippen LogP contribution in [0.2, 0.25) is 0 Å². The van der Waals surface area contributed by atoms with Crippen LogP contribution in [0.3, 0.4) is 0 Å². The van der Waals surface area contributed by atoms with Crippen LogP contribution in [0, 0.1) is 0 Å². The fraction of sp³-hybridized carbons (Fsp3) is 0.250. The van der Waals surface area contributed by atoms with E-state index in [4.69, 9.17) is 4.98 Å². The number of amides is 2. The number of alkyl halides is 3. The zero-order chi connectivity index (χ0) is 26.7. The van der Waals surface area contributed by atoms with Crippen molar-refractivity contribution in [2.75, 3.05) is 11.9 Å². The van der Waals surface area contributed by atoms with E-state index in [-0.39, 0.29) is 17.8 Å². The van der Waals surface area contributed by atoms with Gasteiger partial charge in [-0.3, -0.25) is 9.36 Å². The monoisotopic (exact) mass is 508 g/mol. The number of halogens is 3. The Bertz CT molecular complexity index is 1480. The van der Waals surface area contributed by atoms with Gasteiger partial charge in [0.05, 0.1) is 28.2 Å². The summed E-state index contributed by atoms with van der Waals surface area (Å²) in [4.78, 5) is 33.0. The molecule has 0 aliphatic rings. The second-order valence-corrected chi connectivity index (χ2v) is 8.62. The van der Waals surface area contributed by atoms with Crippen molar-refractivity contribution in [2.45, 2.75) is 39.4 Å². The number of urea groups is 1. The summed E-state index contributed by atoms with van der Waals surface area (Å²) in [6.45, 7) is 5.75. The predicted molar refractivity (Wildman–Crippen MR) is 138 cm³/mol. The SMILES string of the molecule is CCc1ccc(-n2c(C(C)N(CC)C(=O)Nc3cccc(C(F)(F)F)c3)nc3ccccc3c2=O)cc1. The van der Waals surface area contributed by atoms with E-state index in [1.54, 1.807) is 38.1 Å². The van der Waals surface area contributed by atoms with E-state index in [1.807, 2.05) is 31.2 Å². The van der Waals surface area contributed by atoms with Crippen molar-refractivity contribution >= 4 is 22.6 Å². The molecule has 37 heavy (non-hydrogen) atoms. The van der Waals surface area contributed by atoms with Crippen LogP contribution in [-0.4, -0.2) is 27.0 Å². The van der Waals surface area contributed by atoms with Crippen molar-refractivity contribution in [3.05, 3.63) is 100 Å². The highest BCUT2D eigenvalue weighted by Gasteiger charge is 2.31. The number of nitrogens with zero attached hydrogens (tertiary/aromatic N) is 3. The molecule has 4 aromatic rings. The number of hydrogen-bond donors (Lipinski definition) is 1. The summed E-state index contributed by atoms with van der Waals surface area (Å²) in [6.07, 6.45) is -3.69. The zero-order valence-corrected chi connectivity index (χ0v) is 20.7. The smallest absolute Gasteiger partial charge is 0.315 e. The molecule has 0 saturated heterocycles. The van der Waals surface area contributed by atoms with Crippen LogP contribution >= 0.6 is 0 Å². The Morgan fingerprint density at radius 2 is 1.73 bits per heavy atom. The topological polar surface area (TPSA) is 67.2 Å². The second kappa shape index (κ2) is 10.5. The molecule has 192 valence electrons. The van der Waals surface area contributed by atoms with Gasteiger partial charge in [-0.05, 0) is 68.3 Å². The van der Waals surface area contributed by atoms with Gasteiger partial charge in [-0.1, -0.05) is 37.3 Å². The number of hydrogen-bond acceptors (Lipinski definition) is 3. The maximum atomic E-state index is 13.6. The molecule has 1 heterocycles. The molecule has 0 spiro atoms. The summed E-state index contributed by atoms with van der Waals surface area (Å²) in [5.41, 5.74) is 1.09. The first-order valence-electron chi connectivity index (χ1n) is 12.0. The fourth-order valence-electron chi connectivity index (χ4n) is 4.26. The van der Waals surface area contributed by atoms with E-state index in [2.05, 4.69) is 5.32 Å². The number of aromatic nitrogens is 2. The highest BCUT2D eigenvalue weighted by Crippen LogP contribution is 2.31. The molecule has 0 fully saturated rings. The molecule has 1 atom stereocenters. The third-order valence-electron chi connectivity index (χ3n) is 6.29. The Labute approximate surface area is 212 Å². The first-order valence-corrected chi connectivity index (χ1v) is 12.0. The molecule has 0 bridgehead atoms. The number of carbonyl (C=O) groups is 1. The van der Waals surface area contributed by atoms with E-state index in [0.717, 1.165) is 24.1 Å². The molecule has 9 heteroatoms. The summed E-state index contributed by atoms with van der Waals surface area (Å²) >= 11 is 0. The van der Waals surface area contributed by atoms with Gasteiger partial charge in [-0.25, -0.2) is 9.78 Å². The molecule has 3 aromatic carbocycles. The van der Waals surface area contributed by atoms with Gasteiger partial charge >= 0.3 is 12.2 Å². The van der Waals surface area contributed by atoms with Crippen molar-refractivity contribution in [1.82, 2.24) is 14.5 Å². The Morgan fingerprint density at radius 3 is 2.38 bits per heavy atom. The van der Waals surface area contributed by atoms with Crippen molar-refractivity contribution in [2.24, 2.45) is 0 Å². The summed E-state index contributed by atoms with van der Waals surface area (Å²) < 4.78 is 40.9. The Kier molecular flexibility index (Phi) is 7.33. The quantitative estimate of drug-likeness (QED) is 0.320. The third-order valence-corrected chi connectivity index (χ3v) is 6.29. The van der Waals surface area contributed by atoms with Crippen LogP contribution in [0.15, 0.2) is 77.6 Å². The average Bonchev–Trinajstić information content (AvgIpc) is 2.89. The molecular weight excluding hydrogens is 481 g/mol. The van der Waals surface area contributed by atoms with Crippen LogP contribution in [0.4, 0.5) is 23.7 Å². The number of aryl methyl sites for hydroxylation is 1. The molecular formula is C28H27F3N4O2. The molecule has 2 amide bonds. The zero-order valence-electron chi connectivity index (χ0n) is 20.7. The molecule has 1 unspecified atom stereocenters. The van der Waals surface area contributed by atoms with Gasteiger partial charge in [0, 0.05) is 12.2 Å². The van der Waals surface area contributed by atoms with E-state index >= 15 is 0 Å². The second-order valence-electron chi connectivity index (χ2n) is 8.62. The van der Waals surface area contributed by atoms with E-state index in [9.17, 15) is 22.8 Å². The fourth-order valence-corrected chi connectivity index (χ4v) is 4.26. The van der Waals surface area contributed by atoms with E-state index in [0.29, 0.717) is 22.4 Å². The van der Waals surface area contributed by atoms with Gasteiger partial charge in [0.1, 0.15) is 5.82 Å². The van der Waals surface area contributed by atoms with Crippen molar-refractivity contribution in [3.8, 4) is 5.69 Å². The minimum Gasteiger partial charge on any atom is -0.315 e. The summed E-state index contributed by atoms with van der Waals surface area (Å²) in [6, 6.07) is 17.7. The number of fused-ring (bicyclic) bond motifs is 1. The Morgan fingerprint density at radius 1 is 1.03 bits per heavy atom. The number of rotatable bonds is 6. The van der Waals surface area contributed by atoms with Crippen molar-refractivity contribution in [1.29, 1.82) is 0 Å². The summed E-state index contributed by atoms with van der Waals surface area (Å²) in [7, 11) is 0. The molecule has 0 saturated carbocycles. The van der Waals surface area contributed by atoms with Gasteiger partial charge in [0.25, 0.3) is 5.56 Å². The standard InChI is InChI=1S/C28H27F3N4O2/c1-4-19-13-15-22(16-14-19)35-25(33-24-12-7-6-11-23(24)26(35)36)18(3)34(5-2)27(37)32-21-10-8-9-20(17-21)28(29,30)31/h6-18H,4-5H2,1-3H3,(H,32,37). The predicted octanol–water partition coefficient (Wildman–Crippen LogP) is 6.58. The lowest BCUT2D eigenvalue weighted by Gasteiger charge is -2.29. The van der Waals surface area contributed by atoms with E-state index in [1.165, 1.54) is 21.6 Å². The van der Waals surface area contributed by atoms with Crippen molar-refractivity contribution < 1.29 is 18.0 Å². The number of anilines is 1. The first kappa shape index (κ1) is 25.9. The number of nitrogens with one attached hydrogen (secondary N) is 1. The van der Waals surface area contributed by atoms with Crippen LogP contribution < -0.4 is 10.9 Å². The third kappa shape index (κ3) is 5.35. The Hall–Kier alpha value is -4.14. The van der Waals surface area contributed by atoms with Crippen LogP contribution in [0.1, 0.15) is 43.8 Å². The van der Waals surface area contributed by atoms with E-state index < -0.39 is 23.8 Å². The Balaban J connectivity index is 1.76. The molecule has 0 aliphatic carbocycles. The maximum Gasteiger partial charge on any atom is 0.416 e. The van der Waals surface area contributed by atoms with Gasteiger partial charge in [0.15, 0.2) is 0 Å². The molecule has 0 radical (unpaired) electrons. The number of para-hydroxylation sites is 1. The average molecular weight is 509 g/mol. The normalized spacial score (nSPS) is 12.4. The lowest BCUT2D eigenvalue weighted by molar-refractivity contribution is -0.137. The molecule has 1 aromatic heterocycles. The van der Waals surface area contributed by atoms with Gasteiger partial charge < -0.3 is 10.2 Å². The maximum absolute atomic E-state index is 13.6. The number of carbonyl (C=O) groups excluding carboxylic acids is 1.